The van der Waals surface area contributed by atoms with E-state index in [-0.39, 0.29) is 11.7 Å². The second-order valence-electron chi connectivity index (χ2n) is 10.7. The van der Waals surface area contributed by atoms with Crippen molar-refractivity contribution in [2.24, 2.45) is 0 Å². The monoisotopic (exact) mass is 615 g/mol. The Morgan fingerprint density at radius 2 is 1.47 bits per heavy atom. The molecule has 1 aromatic heterocycles. The lowest BCUT2D eigenvalue weighted by Crippen LogP contribution is -2.45. The molecule has 11 nitrogen and oxygen atoms in total. The third-order valence-electron chi connectivity index (χ3n) is 7.93. The predicted octanol–water partition coefficient (Wildman–Crippen LogP) is 3.89. The summed E-state index contributed by atoms with van der Waals surface area (Å²) >= 11 is 0. The van der Waals surface area contributed by atoms with Crippen LogP contribution < -0.4 is 20.5 Å². The van der Waals surface area contributed by atoms with Crippen LogP contribution in [0.25, 0.3) is 0 Å². The first kappa shape index (κ1) is 31.9. The normalized spacial score (nSPS) is 20.4. The summed E-state index contributed by atoms with van der Waals surface area (Å²) in [7, 11) is 4.65. The maximum absolute atomic E-state index is 13.0. The Labute approximate surface area is 261 Å². The van der Waals surface area contributed by atoms with Crippen molar-refractivity contribution in [2.75, 3.05) is 26.6 Å². The molecule has 1 amide bonds. The molecule has 0 bridgehead atoms. The number of anilines is 1. The number of aliphatic hydroxyl groups is 1. The molecule has 0 radical (unpaired) electrons. The molecule has 11 heteroatoms. The van der Waals surface area contributed by atoms with E-state index < -0.39 is 41.9 Å². The van der Waals surface area contributed by atoms with Crippen LogP contribution in [0.15, 0.2) is 95.9 Å². The summed E-state index contributed by atoms with van der Waals surface area (Å²) in [5, 5.41) is 14.0. The number of nitrogens with one attached hydrogen (secondary N) is 1. The van der Waals surface area contributed by atoms with Gasteiger partial charge >= 0.3 is 5.69 Å². The van der Waals surface area contributed by atoms with Crippen molar-refractivity contribution in [3.8, 4) is 11.5 Å². The average molecular weight is 616 g/mol. The minimum absolute atomic E-state index is 0.108. The van der Waals surface area contributed by atoms with Gasteiger partial charge in [-0.2, -0.15) is 4.98 Å². The van der Waals surface area contributed by atoms with E-state index in [0.717, 1.165) is 16.7 Å². The number of methoxy groups -OCH3 is 3. The van der Waals surface area contributed by atoms with Gasteiger partial charge in [-0.1, -0.05) is 54.6 Å². The van der Waals surface area contributed by atoms with Crippen LogP contribution in [0, 0.1) is 0 Å². The maximum Gasteiger partial charge on any atom is 0.351 e. The van der Waals surface area contributed by atoms with Gasteiger partial charge in [-0.05, 0) is 53.9 Å². The van der Waals surface area contributed by atoms with Crippen LogP contribution >= 0.6 is 0 Å². The van der Waals surface area contributed by atoms with Gasteiger partial charge in [-0.15, -0.1) is 0 Å². The zero-order valence-corrected chi connectivity index (χ0v) is 25.7. The fourth-order valence-electron chi connectivity index (χ4n) is 5.77. The number of ether oxygens (including phenoxy) is 5. The second kappa shape index (κ2) is 13.6. The molecule has 1 aliphatic heterocycles. The lowest BCUT2D eigenvalue weighted by Gasteiger charge is -2.40. The van der Waals surface area contributed by atoms with E-state index >= 15 is 0 Å². The molecule has 236 valence electrons. The van der Waals surface area contributed by atoms with E-state index in [1.54, 1.807) is 14.2 Å². The molecule has 2 N–H and O–H groups in total. The Balaban J connectivity index is 1.57. The van der Waals surface area contributed by atoms with Crippen LogP contribution in [0.2, 0.25) is 0 Å². The molecule has 0 aliphatic carbocycles. The van der Waals surface area contributed by atoms with Gasteiger partial charge in [0.15, 0.2) is 6.23 Å². The highest BCUT2D eigenvalue weighted by Gasteiger charge is 2.50. The minimum Gasteiger partial charge on any atom is -0.497 e. The smallest absolute Gasteiger partial charge is 0.351 e. The number of hydrogen-bond acceptors (Lipinski definition) is 9. The predicted molar refractivity (Wildman–Crippen MR) is 166 cm³/mol. The third-order valence-corrected chi connectivity index (χ3v) is 7.93. The molecule has 1 saturated heterocycles. The Morgan fingerprint density at radius 1 is 0.911 bits per heavy atom. The number of carbonyl (C=O) groups is 1. The summed E-state index contributed by atoms with van der Waals surface area (Å²) in [6, 6.07) is 26.5. The van der Waals surface area contributed by atoms with Crippen LogP contribution in [-0.2, 0) is 24.6 Å². The number of benzene rings is 3. The molecule has 1 fully saturated rings. The van der Waals surface area contributed by atoms with Gasteiger partial charge in [-0.3, -0.25) is 9.36 Å². The van der Waals surface area contributed by atoms with E-state index in [0.29, 0.717) is 11.5 Å². The SMILES string of the molecule is COc1ccc(C(OC(C)[C@@H]2O[C@@H](n3ccc(NC(C)=O)nc3=O)[C@H](OC)[C@@H]2O)(c2ccccc2)c2ccc(OC)cc2)cc1. The molecule has 1 aliphatic rings. The van der Waals surface area contributed by atoms with Crippen LogP contribution in [0.3, 0.4) is 0 Å². The molecule has 4 aromatic rings. The molecular weight excluding hydrogens is 578 g/mol. The summed E-state index contributed by atoms with van der Waals surface area (Å²) in [6.07, 6.45) is -3.31. The highest BCUT2D eigenvalue weighted by atomic mass is 16.6. The number of amides is 1. The number of rotatable bonds is 11. The number of aliphatic hydroxyl groups excluding tert-OH is 1. The zero-order valence-electron chi connectivity index (χ0n) is 25.7. The Hall–Kier alpha value is -4.55. The lowest BCUT2D eigenvalue weighted by molar-refractivity contribution is -0.137. The van der Waals surface area contributed by atoms with E-state index in [4.69, 9.17) is 23.7 Å². The highest BCUT2D eigenvalue weighted by molar-refractivity contribution is 5.87. The highest BCUT2D eigenvalue weighted by Crippen LogP contribution is 2.44. The van der Waals surface area contributed by atoms with Gasteiger partial charge in [0.05, 0.1) is 20.3 Å². The Morgan fingerprint density at radius 3 is 1.96 bits per heavy atom. The first-order chi connectivity index (χ1) is 21.7. The molecule has 5 rings (SSSR count). The largest absolute Gasteiger partial charge is 0.497 e. The Bertz CT molecular complexity index is 1600. The summed E-state index contributed by atoms with van der Waals surface area (Å²) in [4.78, 5) is 28.4. The first-order valence-corrected chi connectivity index (χ1v) is 14.5. The summed E-state index contributed by atoms with van der Waals surface area (Å²) < 4.78 is 31.2. The molecular formula is C34H37N3O8. The van der Waals surface area contributed by atoms with Gasteiger partial charge in [0.25, 0.3) is 0 Å². The molecule has 3 aromatic carbocycles. The standard InChI is InChI=1S/C34H37N3O8/c1-21(30-29(39)31(43-5)32(44-30)37-20-19-28(35-22(2)38)36-33(37)40)45-34(23-9-7-6-8-10-23,24-11-15-26(41-3)16-12-24)25-13-17-27(42-4)18-14-25/h6-21,29-32,39H,1-5H3,(H,35,36,38,40)/t21?,29-,30+,31-,32-/m1/s1. The van der Waals surface area contributed by atoms with Crippen molar-refractivity contribution in [1.29, 1.82) is 0 Å². The molecule has 5 atom stereocenters. The van der Waals surface area contributed by atoms with Gasteiger partial charge in [0.1, 0.15) is 41.2 Å². The zero-order chi connectivity index (χ0) is 32.1. The second-order valence-corrected chi connectivity index (χ2v) is 10.7. The Kier molecular flexibility index (Phi) is 9.64. The summed E-state index contributed by atoms with van der Waals surface area (Å²) in [5.74, 6) is 1.12. The number of carbonyl (C=O) groups excluding carboxylic acids is 1. The lowest BCUT2D eigenvalue weighted by atomic mass is 9.79. The van der Waals surface area contributed by atoms with Gasteiger partial charge in [-0.25, -0.2) is 4.79 Å². The number of hydrogen-bond donors (Lipinski definition) is 2. The molecule has 0 saturated carbocycles. The van der Waals surface area contributed by atoms with Crippen molar-refractivity contribution >= 4 is 11.7 Å². The third kappa shape index (κ3) is 6.34. The number of aromatic nitrogens is 2. The molecule has 45 heavy (non-hydrogen) atoms. The van der Waals surface area contributed by atoms with Crippen LogP contribution in [0.5, 0.6) is 11.5 Å². The first-order valence-electron chi connectivity index (χ1n) is 14.5. The van der Waals surface area contributed by atoms with Gasteiger partial charge in [0.2, 0.25) is 5.91 Å². The van der Waals surface area contributed by atoms with Crippen molar-refractivity contribution in [3.63, 3.8) is 0 Å². The fourth-order valence-corrected chi connectivity index (χ4v) is 5.77. The topological polar surface area (TPSA) is 130 Å². The van der Waals surface area contributed by atoms with Crippen molar-refractivity contribution in [2.45, 2.75) is 50.1 Å². The van der Waals surface area contributed by atoms with Crippen molar-refractivity contribution < 1.29 is 33.6 Å². The van der Waals surface area contributed by atoms with E-state index in [1.165, 1.54) is 30.9 Å². The van der Waals surface area contributed by atoms with Crippen LogP contribution in [0.1, 0.15) is 36.8 Å². The van der Waals surface area contributed by atoms with Gasteiger partial charge < -0.3 is 34.1 Å². The van der Waals surface area contributed by atoms with Gasteiger partial charge in [0, 0.05) is 20.2 Å². The molecule has 1 unspecified atom stereocenters. The maximum atomic E-state index is 13.0. The van der Waals surface area contributed by atoms with Crippen molar-refractivity contribution in [1.82, 2.24) is 9.55 Å². The summed E-state index contributed by atoms with van der Waals surface area (Å²) in [5.41, 5.74) is 0.625. The fraction of sp³-hybridized carbons (Fsp3) is 0.324. The minimum atomic E-state index is -1.17. The summed E-state index contributed by atoms with van der Waals surface area (Å²) in [6.45, 7) is 3.14. The molecule has 2 heterocycles. The van der Waals surface area contributed by atoms with Crippen LogP contribution in [0.4, 0.5) is 5.82 Å². The average Bonchev–Trinajstić information content (AvgIpc) is 3.39. The van der Waals surface area contributed by atoms with E-state index in [9.17, 15) is 14.7 Å². The number of nitrogens with zero attached hydrogens (tertiary/aromatic N) is 2. The van der Waals surface area contributed by atoms with E-state index in [2.05, 4.69) is 10.3 Å². The van der Waals surface area contributed by atoms with Crippen LogP contribution in [-0.4, -0.2) is 66.3 Å². The molecule has 0 spiro atoms. The quantitative estimate of drug-likeness (QED) is 0.241. The van der Waals surface area contributed by atoms with Crippen molar-refractivity contribution in [3.05, 3.63) is 118 Å². The van der Waals surface area contributed by atoms with E-state index in [1.807, 2.05) is 85.8 Å².